The van der Waals surface area contributed by atoms with Crippen molar-refractivity contribution in [1.82, 2.24) is 0 Å². The van der Waals surface area contributed by atoms with Gasteiger partial charge in [0.15, 0.2) is 23.3 Å². The highest BCUT2D eigenvalue weighted by atomic mass is 35.5. The second-order valence-electron chi connectivity index (χ2n) is 3.77. The Morgan fingerprint density at radius 3 is 1.85 bits per heavy atom. The third kappa shape index (κ3) is 2.10. The van der Waals surface area contributed by atoms with Crippen molar-refractivity contribution in [2.75, 3.05) is 7.11 Å². The second-order valence-corrected chi connectivity index (χ2v) is 4.17. The molecular weight excluding hydrogens is 303 g/mol. The van der Waals surface area contributed by atoms with E-state index >= 15 is 0 Å². The highest BCUT2D eigenvalue weighted by molar-refractivity contribution is 6.32. The molecule has 0 aliphatic rings. The molecule has 7 heteroatoms. The number of halogens is 6. The largest absolute Gasteiger partial charge is 0.495 e. The van der Waals surface area contributed by atoms with Crippen LogP contribution in [0, 0.1) is 29.1 Å². The summed E-state index contributed by atoms with van der Waals surface area (Å²) >= 11 is 5.76. The smallest absolute Gasteiger partial charge is 0.200 e. The first-order chi connectivity index (χ1) is 9.40. The van der Waals surface area contributed by atoms with Crippen LogP contribution in [-0.2, 0) is 0 Å². The molecule has 0 aromatic heterocycles. The van der Waals surface area contributed by atoms with Crippen molar-refractivity contribution in [2.45, 2.75) is 0 Å². The summed E-state index contributed by atoms with van der Waals surface area (Å²) in [6, 6.07) is 3.80. The van der Waals surface area contributed by atoms with E-state index in [1.54, 1.807) is 0 Å². The monoisotopic (exact) mass is 308 g/mol. The average molecular weight is 309 g/mol. The van der Waals surface area contributed by atoms with E-state index in [0.717, 1.165) is 13.2 Å². The van der Waals surface area contributed by atoms with E-state index in [1.807, 2.05) is 0 Å². The first-order valence-electron chi connectivity index (χ1n) is 5.24. The van der Waals surface area contributed by atoms with Gasteiger partial charge in [0.25, 0.3) is 0 Å². The molecule has 20 heavy (non-hydrogen) atoms. The maximum absolute atomic E-state index is 13.7. The molecule has 2 aromatic rings. The van der Waals surface area contributed by atoms with Gasteiger partial charge in [0.2, 0.25) is 5.82 Å². The highest BCUT2D eigenvalue weighted by Gasteiger charge is 2.28. The van der Waals surface area contributed by atoms with Crippen molar-refractivity contribution in [2.24, 2.45) is 0 Å². The summed E-state index contributed by atoms with van der Waals surface area (Å²) in [5.41, 5.74) is -1.41. The third-order valence-corrected chi connectivity index (χ3v) is 2.95. The first kappa shape index (κ1) is 14.6. The Hall–Kier alpha value is -1.82. The van der Waals surface area contributed by atoms with Gasteiger partial charge in [-0.25, -0.2) is 22.0 Å². The first-order valence-corrected chi connectivity index (χ1v) is 5.62. The minimum absolute atomic E-state index is 0.0195. The van der Waals surface area contributed by atoms with Crippen molar-refractivity contribution in [1.29, 1.82) is 0 Å². The Labute approximate surface area is 115 Å². The predicted octanol–water partition coefficient (Wildman–Crippen LogP) is 4.71. The van der Waals surface area contributed by atoms with Crippen molar-refractivity contribution in [3.63, 3.8) is 0 Å². The van der Waals surface area contributed by atoms with Crippen LogP contribution in [0.4, 0.5) is 22.0 Å². The van der Waals surface area contributed by atoms with Crippen LogP contribution < -0.4 is 4.74 Å². The lowest BCUT2D eigenvalue weighted by atomic mass is 10.0. The van der Waals surface area contributed by atoms with Crippen LogP contribution >= 0.6 is 11.6 Å². The molecule has 2 rings (SSSR count). The SMILES string of the molecule is COc1c(Cl)cccc1-c1c(F)c(F)c(F)c(F)c1F. The second kappa shape index (κ2) is 5.28. The molecule has 0 fully saturated rings. The van der Waals surface area contributed by atoms with Gasteiger partial charge in [0, 0.05) is 5.56 Å². The fourth-order valence-electron chi connectivity index (χ4n) is 1.75. The van der Waals surface area contributed by atoms with Gasteiger partial charge in [0.1, 0.15) is 5.75 Å². The topological polar surface area (TPSA) is 9.23 Å². The molecule has 1 nitrogen and oxygen atoms in total. The molecule has 0 amide bonds. The van der Waals surface area contributed by atoms with E-state index in [2.05, 4.69) is 0 Å². The van der Waals surface area contributed by atoms with Gasteiger partial charge in [-0.1, -0.05) is 23.7 Å². The van der Waals surface area contributed by atoms with Crippen LogP contribution in [0.25, 0.3) is 11.1 Å². The maximum atomic E-state index is 13.7. The van der Waals surface area contributed by atoms with E-state index in [0.29, 0.717) is 0 Å². The van der Waals surface area contributed by atoms with Gasteiger partial charge in [-0.2, -0.15) is 0 Å². The molecule has 0 unspecified atom stereocenters. The molecule has 0 saturated carbocycles. The van der Waals surface area contributed by atoms with Crippen LogP contribution in [0.3, 0.4) is 0 Å². The number of hydrogen-bond donors (Lipinski definition) is 0. The number of para-hydroxylation sites is 1. The summed E-state index contributed by atoms with van der Waals surface area (Å²) in [6.07, 6.45) is 0. The normalized spacial score (nSPS) is 10.8. The van der Waals surface area contributed by atoms with Crippen LogP contribution in [0.2, 0.25) is 5.02 Å². The van der Waals surface area contributed by atoms with Gasteiger partial charge in [-0.3, -0.25) is 0 Å². The molecule has 0 saturated heterocycles. The molecule has 0 atom stereocenters. The van der Waals surface area contributed by atoms with Gasteiger partial charge in [0.05, 0.1) is 17.7 Å². The zero-order valence-electron chi connectivity index (χ0n) is 9.91. The number of hydrogen-bond acceptors (Lipinski definition) is 1. The Kier molecular flexibility index (Phi) is 3.85. The molecule has 0 N–H and O–H groups in total. The fraction of sp³-hybridized carbons (Fsp3) is 0.0769. The number of benzene rings is 2. The summed E-state index contributed by atoms with van der Waals surface area (Å²) in [5.74, 6) is -10.3. The Morgan fingerprint density at radius 1 is 0.850 bits per heavy atom. The molecule has 0 radical (unpaired) electrons. The zero-order valence-corrected chi connectivity index (χ0v) is 10.7. The molecule has 0 heterocycles. The van der Waals surface area contributed by atoms with Crippen LogP contribution in [-0.4, -0.2) is 7.11 Å². The molecule has 0 bridgehead atoms. The lowest BCUT2D eigenvalue weighted by molar-refractivity contribution is 0.379. The van der Waals surface area contributed by atoms with Crippen molar-refractivity contribution < 1.29 is 26.7 Å². The minimum Gasteiger partial charge on any atom is -0.495 e. The lowest BCUT2D eigenvalue weighted by Crippen LogP contribution is -2.05. The number of ether oxygens (including phenoxy) is 1. The van der Waals surface area contributed by atoms with E-state index in [1.165, 1.54) is 12.1 Å². The van der Waals surface area contributed by atoms with Gasteiger partial charge in [-0.05, 0) is 6.07 Å². The molecule has 0 spiro atoms. The third-order valence-electron chi connectivity index (χ3n) is 2.65. The predicted molar refractivity (Wildman–Crippen MR) is 63.2 cm³/mol. The van der Waals surface area contributed by atoms with Crippen LogP contribution in [0.1, 0.15) is 0 Å². The molecular formula is C13H6ClF5O. The van der Waals surface area contributed by atoms with Crippen LogP contribution in [0.5, 0.6) is 5.75 Å². The molecule has 106 valence electrons. The average Bonchev–Trinajstić information content (AvgIpc) is 2.43. The van der Waals surface area contributed by atoms with Crippen molar-refractivity contribution in [3.8, 4) is 16.9 Å². The summed E-state index contributed by atoms with van der Waals surface area (Å²) in [6.45, 7) is 0. The van der Waals surface area contributed by atoms with Crippen molar-refractivity contribution in [3.05, 3.63) is 52.3 Å². The van der Waals surface area contributed by atoms with E-state index in [-0.39, 0.29) is 16.3 Å². The number of methoxy groups -OCH3 is 1. The van der Waals surface area contributed by atoms with E-state index in [4.69, 9.17) is 16.3 Å². The Morgan fingerprint density at radius 2 is 1.35 bits per heavy atom. The van der Waals surface area contributed by atoms with Crippen molar-refractivity contribution >= 4 is 11.6 Å². The fourth-order valence-corrected chi connectivity index (χ4v) is 2.01. The summed E-state index contributed by atoms with van der Waals surface area (Å²) < 4.78 is 71.6. The Bertz CT molecular complexity index is 658. The van der Waals surface area contributed by atoms with Gasteiger partial charge >= 0.3 is 0 Å². The summed E-state index contributed by atoms with van der Waals surface area (Å²) in [7, 11) is 1.16. The standard InChI is InChI=1S/C13H6ClF5O/c1-20-13-5(3-2-4-6(13)14)7-8(15)10(17)12(19)11(18)9(7)16/h2-4H,1H3. The molecule has 0 aliphatic heterocycles. The maximum Gasteiger partial charge on any atom is 0.200 e. The number of rotatable bonds is 2. The summed E-state index contributed by atoms with van der Waals surface area (Å²) in [5, 5.41) is -0.0195. The zero-order chi connectivity index (χ0) is 15.0. The quantitative estimate of drug-likeness (QED) is 0.443. The van der Waals surface area contributed by atoms with E-state index in [9.17, 15) is 22.0 Å². The van der Waals surface area contributed by atoms with Crippen LogP contribution in [0.15, 0.2) is 18.2 Å². The highest BCUT2D eigenvalue weighted by Crippen LogP contribution is 2.40. The van der Waals surface area contributed by atoms with Gasteiger partial charge < -0.3 is 4.74 Å². The van der Waals surface area contributed by atoms with E-state index < -0.39 is 34.6 Å². The summed E-state index contributed by atoms with van der Waals surface area (Å²) in [4.78, 5) is 0. The molecule has 0 aliphatic carbocycles. The minimum atomic E-state index is -2.22. The van der Waals surface area contributed by atoms with Gasteiger partial charge in [-0.15, -0.1) is 0 Å². The Balaban J connectivity index is 2.87. The molecule has 2 aromatic carbocycles. The lowest BCUT2D eigenvalue weighted by Gasteiger charge is -2.13.